The number of nitrogens with one attached hydrogen (secondary N) is 2. The molecule has 2 aromatic rings. The number of hydrogen-bond acceptors (Lipinski definition) is 5. The number of Topliss-reactive ketones (excluding diaryl/α,β-unsaturated/α-hetero) is 1. The van der Waals surface area contributed by atoms with Gasteiger partial charge in [0.2, 0.25) is 0 Å². The molecule has 22 heavy (non-hydrogen) atoms. The molecule has 0 aliphatic heterocycles. The van der Waals surface area contributed by atoms with Crippen LogP contribution < -0.4 is 10.6 Å². The minimum Gasteiger partial charge on any atom is -0.506 e. The van der Waals surface area contributed by atoms with Gasteiger partial charge in [0.25, 0.3) is 5.91 Å². The van der Waals surface area contributed by atoms with E-state index in [1.807, 2.05) is 0 Å². The standard InChI is InChI=1S/C16H16N2O4/c1-9(19)10-3-5-11(6-4-10)16(22)18-13-7-12(17-2)14(20)8-15(13)21/h3-8,17,20-21H,1-2H3,(H,18,22). The van der Waals surface area contributed by atoms with Crippen molar-refractivity contribution in [2.24, 2.45) is 0 Å². The molecule has 2 aromatic carbocycles. The number of hydrogen-bond donors (Lipinski definition) is 4. The molecule has 6 nitrogen and oxygen atoms in total. The van der Waals surface area contributed by atoms with Crippen molar-refractivity contribution in [3.05, 3.63) is 47.5 Å². The predicted molar refractivity (Wildman–Crippen MR) is 83.7 cm³/mol. The summed E-state index contributed by atoms with van der Waals surface area (Å²) in [6.45, 7) is 1.45. The Morgan fingerprint density at radius 2 is 1.45 bits per heavy atom. The summed E-state index contributed by atoms with van der Waals surface area (Å²) >= 11 is 0. The maximum absolute atomic E-state index is 12.1. The average molecular weight is 300 g/mol. The van der Waals surface area contributed by atoms with Crippen LogP contribution in [-0.2, 0) is 0 Å². The number of amides is 1. The van der Waals surface area contributed by atoms with Crippen LogP contribution in [0.4, 0.5) is 11.4 Å². The smallest absolute Gasteiger partial charge is 0.255 e. The fraction of sp³-hybridized carbons (Fsp3) is 0.125. The fourth-order valence-electron chi connectivity index (χ4n) is 1.93. The van der Waals surface area contributed by atoms with Crippen LogP contribution in [0.2, 0.25) is 0 Å². The first-order chi connectivity index (χ1) is 10.4. The molecule has 114 valence electrons. The van der Waals surface area contributed by atoms with Crippen LogP contribution in [0.15, 0.2) is 36.4 Å². The molecule has 0 heterocycles. The molecule has 0 radical (unpaired) electrons. The number of carbonyl (C=O) groups is 2. The van der Waals surface area contributed by atoms with E-state index in [4.69, 9.17) is 0 Å². The molecule has 0 bridgehead atoms. The molecule has 2 rings (SSSR count). The molecule has 0 aromatic heterocycles. The second kappa shape index (κ2) is 6.17. The van der Waals surface area contributed by atoms with Gasteiger partial charge >= 0.3 is 0 Å². The van der Waals surface area contributed by atoms with Crippen molar-refractivity contribution < 1.29 is 19.8 Å². The minimum absolute atomic E-state index is 0.0817. The molecule has 0 fully saturated rings. The third kappa shape index (κ3) is 3.17. The minimum atomic E-state index is -0.432. The fourth-order valence-corrected chi connectivity index (χ4v) is 1.93. The van der Waals surface area contributed by atoms with Gasteiger partial charge in [-0.15, -0.1) is 0 Å². The Morgan fingerprint density at radius 3 is 2.00 bits per heavy atom. The van der Waals surface area contributed by atoms with Crippen molar-refractivity contribution in [2.45, 2.75) is 6.92 Å². The Balaban J connectivity index is 2.23. The number of anilines is 2. The molecule has 0 aliphatic rings. The summed E-state index contributed by atoms with van der Waals surface area (Å²) in [6, 6.07) is 8.75. The van der Waals surface area contributed by atoms with E-state index < -0.39 is 5.91 Å². The van der Waals surface area contributed by atoms with E-state index in [-0.39, 0.29) is 23.0 Å². The second-order valence-electron chi connectivity index (χ2n) is 4.72. The lowest BCUT2D eigenvalue weighted by atomic mass is 10.1. The van der Waals surface area contributed by atoms with Crippen LogP contribution >= 0.6 is 0 Å². The summed E-state index contributed by atoms with van der Waals surface area (Å²) in [5.74, 6) is -0.881. The molecule has 0 saturated carbocycles. The zero-order valence-corrected chi connectivity index (χ0v) is 12.2. The van der Waals surface area contributed by atoms with Crippen molar-refractivity contribution in [3.8, 4) is 11.5 Å². The number of ketones is 1. The Bertz CT molecular complexity index is 724. The van der Waals surface area contributed by atoms with Crippen LogP contribution in [0.5, 0.6) is 11.5 Å². The average Bonchev–Trinajstić information content (AvgIpc) is 2.50. The topological polar surface area (TPSA) is 98.7 Å². The molecule has 0 aliphatic carbocycles. The van der Waals surface area contributed by atoms with E-state index >= 15 is 0 Å². The van der Waals surface area contributed by atoms with Gasteiger partial charge in [-0.25, -0.2) is 0 Å². The summed E-state index contributed by atoms with van der Waals surface area (Å²) in [5.41, 5.74) is 1.41. The first kappa shape index (κ1) is 15.4. The van der Waals surface area contributed by atoms with Crippen molar-refractivity contribution in [1.29, 1.82) is 0 Å². The number of phenolic OH excluding ortho intramolecular Hbond substituents is 2. The zero-order chi connectivity index (χ0) is 16.3. The first-order valence-electron chi connectivity index (χ1n) is 6.58. The Kier molecular flexibility index (Phi) is 4.31. The van der Waals surface area contributed by atoms with Gasteiger partial charge in [0.15, 0.2) is 5.78 Å². The van der Waals surface area contributed by atoms with Gasteiger partial charge in [0, 0.05) is 24.2 Å². The summed E-state index contributed by atoms with van der Waals surface area (Å²) in [7, 11) is 1.61. The van der Waals surface area contributed by atoms with Crippen LogP contribution in [-0.4, -0.2) is 29.0 Å². The van der Waals surface area contributed by atoms with Crippen molar-refractivity contribution in [3.63, 3.8) is 0 Å². The molecular weight excluding hydrogens is 284 g/mol. The summed E-state index contributed by atoms with van der Waals surface area (Å²) in [6.07, 6.45) is 0. The molecular formula is C16H16N2O4. The normalized spacial score (nSPS) is 10.1. The number of phenols is 2. The maximum Gasteiger partial charge on any atom is 0.255 e. The van der Waals surface area contributed by atoms with Gasteiger partial charge in [-0.1, -0.05) is 12.1 Å². The highest BCUT2D eigenvalue weighted by Crippen LogP contribution is 2.34. The highest BCUT2D eigenvalue weighted by Gasteiger charge is 2.12. The highest BCUT2D eigenvalue weighted by atomic mass is 16.3. The van der Waals surface area contributed by atoms with Gasteiger partial charge in [0.05, 0.1) is 11.4 Å². The first-order valence-corrected chi connectivity index (χ1v) is 6.58. The van der Waals surface area contributed by atoms with Crippen LogP contribution in [0.1, 0.15) is 27.6 Å². The lowest BCUT2D eigenvalue weighted by molar-refractivity contribution is 0.100. The third-order valence-electron chi connectivity index (χ3n) is 3.19. The number of carbonyl (C=O) groups excluding carboxylic acids is 2. The van der Waals surface area contributed by atoms with E-state index in [9.17, 15) is 19.8 Å². The van der Waals surface area contributed by atoms with Crippen molar-refractivity contribution >= 4 is 23.1 Å². The van der Waals surface area contributed by atoms with Gasteiger partial charge in [-0.2, -0.15) is 0 Å². The lowest BCUT2D eigenvalue weighted by Gasteiger charge is -2.11. The quantitative estimate of drug-likeness (QED) is 0.395. The summed E-state index contributed by atoms with van der Waals surface area (Å²) in [5, 5.41) is 24.7. The lowest BCUT2D eigenvalue weighted by Crippen LogP contribution is -2.12. The number of rotatable bonds is 4. The largest absolute Gasteiger partial charge is 0.506 e. The molecule has 0 saturated heterocycles. The Labute approximate surface area is 127 Å². The number of benzene rings is 2. The maximum atomic E-state index is 12.1. The van der Waals surface area contributed by atoms with Gasteiger partial charge in [-0.05, 0) is 25.1 Å². The molecule has 1 amide bonds. The number of aromatic hydroxyl groups is 2. The second-order valence-corrected chi connectivity index (χ2v) is 4.72. The monoisotopic (exact) mass is 300 g/mol. The Morgan fingerprint density at radius 1 is 0.909 bits per heavy atom. The Hall–Kier alpha value is -3.02. The molecule has 0 spiro atoms. The van der Waals surface area contributed by atoms with Crippen molar-refractivity contribution in [1.82, 2.24) is 0 Å². The van der Waals surface area contributed by atoms with Gasteiger partial charge < -0.3 is 20.8 Å². The van der Waals surface area contributed by atoms with E-state index in [2.05, 4.69) is 10.6 Å². The van der Waals surface area contributed by atoms with Crippen LogP contribution in [0.25, 0.3) is 0 Å². The van der Waals surface area contributed by atoms with Crippen LogP contribution in [0, 0.1) is 0 Å². The highest BCUT2D eigenvalue weighted by molar-refractivity contribution is 6.06. The van der Waals surface area contributed by atoms with Gasteiger partial charge in [-0.3, -0.25) is 9.59 Å². The third-order valence-corrected chi connectivity index (χ3v) is 3.19. The van der Waals surface area contributed by atoms with Gasteiger partial charge in [0.1, 0.15) is 11.5 Å². The SMILES string of the molecule is CNc1cc(NC(=O)c2ccc(C(C)=O)cc2)c(O)cc1O. The molecule has 0 unspecified atom stereocenters. The van der Waals surface area contributed by atoms with Crippen molar-refractivity contribution in [2.75, 3.05) is 17.7 Å². The molecule has 4 N–H and O–H groups in total. The van der Waals surface area contributed by atoms with E-state index in [0.717, 1.165) is 6.07 Å². The van der Waals surface area contributed by atoms with E-state index in [0.29, 0.717) is 16.8 Å². The van der Waals surface area contributed by atoms with E-state index in [1.54, 1.807) is 19.2 Å². The molecule has 0 atom stereocenters. The summed E-state index contributed by atoms with van der Waals surface area (Å²) in [4.78, 5) is 23.3. The summed E-state index contributed by atoms with van der Waals surface area (Å²) < 4.78 is 0. The van der Waals surface area contributed by atoms with E-state index in [1.165, 1.54) is 25.1 Å². The van der Waals surface area contributed by atoms with Crippen LogP contribution in [0.3, 0.4) is 0 Å². The molecule has 6 heteroatoms. The zero-order valence-electron chi connectivity index (χ0n) is 12.2. The predicted octanol–water partition coefficient (Wildman–Crippen LogP) is 2.59.